The van der Waals surface area contributed by atoms with Gasteiger partial charge in [-0.3, -0.25) is 0 Å². The van der Waals surface area contributed by atoms with Crippen molar-refractivity contribution in [3.8, 4) is 17.6 Å². The molecule has 0 atom stereocenters. The van der Waals surface area contributed by atoms with E-state index in [9.17, 15) is 5.26 Å². The van der Waals surface area contributed by atoms with Crippen molar-refractivity contribution in [2.24, 2.45) is 0 Å². The smallest absolute Gasteiger partial charge is 0.146 e. The second-order valence-electron chi connectivity index (χ2n) is 6.10. The highest BCUT2D eigenvalue weighted by molar-refractivity contribution is 9.10. The Kier molecular flexibility index (Phi) is 4.39. The summed E-state index contributed by atoms with van der Waals surface area (Å²) < 4.78 is 6.96. The number of ether oxygens (including phenoxy) is 1. The molecular weight excluding hydrogens is 326 g/mol. The van der Waals surface area contributed by atoms with Crippen LogP contribution in [0.1, 0.15) is 37.5 Å². The summed E-state index contributed by atoms with van der Waals surface area (Å²) in [4.78, 5) is 0. The maximum absolute atomic E-state index is 9.23. The van der Waals surface area contributed by atoms with Gasteiger partial charge in [-0.1, -0.05) is 48.8 Å². The van der Waals surface area contributed by atoms with Gasteiger partial charge in [-0.2, -0.15) is 5.26 Å². The van der Waals surface area contributed by atoms with Crippen molar-refractivity contribution >= 4 is 15.9 Å². The average molecular weight is 344 g/mol. The molecule has 0 saturated heterocycles. The van der Waals surface area contributed by atoms with Crippen molar-refractivity contribution in [3.05, 3.63) is 57.6 Å². The summed E-state index contributed by atoms with van der Waals surface area (Å²) >= 11 is 3.42. The van der Waals surface area contributed by atoms with Crippen molar-refractivity contribution in [3.63, 3.8) is 0 Å². The number of aryl methyl sites for hydroxylation is 1. The van der Waals surface area contributed by atoms with Gasteiger partial charge in [-0.05, 0) is 42.2 Å². The van der Waals surface area contributed by atoms with Crippen LogP contribution in [0.25, 0.3) is 0 Å². The molecule has 0 N–H and O–H groups in total. The topological polar surface area (TPSA) is 33.0 Å². The molecule has 0 saturated carbocycles. The van der Waals surface area contributed by atoms with Crippen LogP contribution < -0.4 is 4.74 Å². The monoisotopic (exact) mass is 343 g/mol. The lowest BCUT2D eigenvalue weighted by atomic mass is 9.86. The third-order valence-electron chi connectivity index (χ3n) is 3.23. The van der Waals surface area contributed by atoms with Gasteiger partial charge in [0.25, 0.3) is 0 Å². The Morgan fingerprint density at radius 3 is 2.38 bits per heavy atom. The van der Waals surface area contributed by atoms with Crippen molar-refractivity contribution in [1.29, 1.82) is 5.26 Å². The molecule has 2 aromatic rings. The SMILES string of the molecule is Cc1ccc(C(C)(C)C)c(Oc2cc(Br)ccc2C#N)c1. The molecule has 3 heteroatoms. The minimum atomic E-state index is -0.0259. The Balaban J connectivity index is 2.52. The van der Waals surface area contributed by atoms with E-state index in [2.05, 4.69) is 54.9 Å². The Morgan fingerprint density at radius 1 is 1.05 bits per heavy atom. The van der Waals surface area contributed by atoms with Gasteiger partial charge in [0.2, 0.25) is 0 Å². The number of hydrogen-bond donors (Lipinski definition) is 0. The zero-order valence-corrected chi connectivity index (χ0v) is 14.3. The van der Waals surface area contributed by atoms with E-state index in [1.165, 1.54) is 0 Å². The van der Waals surface area contributed by atoms with E-state index in [4.69, 9.17) is 4.74 Å². The first-order valence-corrected chi connectivity index (χ1v) is 7.59. The van der Waals surface area contributed by atoms with E-state index in [0.29, 0.717) is 11.3 Å². The van der Waals surface area contributed by atoms with E-state index in [-0.39, 0.29) is 5.41 Å². The zero-order chi connectivity index (χ0) is 15.6. The zero-order valence-electron chi connectivity index (χ0n) is 12.7. The van der Waals surface area contributed by atoms with E-state index in [1.807, 2.05) is 25.1 Å². The van der Waals surface area contributed by atoms with Crippen LogP contribution in [0.3, 0.4) is 0 Å². The number of halogens is 1. The molecular formula is C18H18BrNO. The fourth-order valence-electron chi connectivity index (χ4n) is 2.13. The summed E-state index contributed by atoms with van der Waals surface area (Å²) in [5.74, 6) is 1.38. The maximum Gasteiger partial charge on any atom is 0.146 e. The van der Waals surface area contributed by atoms with Gasteiger partial charge in [0.1, 0.15) is 17.6 Å². The van der Waals surface area contributed by atoms with Crippen molar-refractivity contribution in [2.45, 2.75) is 33.1 Å². The number of hydrogen-bond acceptors (Lipinski definition) is 2. The summed E-state index contributed by atoms with van der Waals surface area (Å²) in [7, 11) is 0. The van der Waals surface area contributed by atoms with Crippen LogP contribution in [0.15, 0.2) is 40.9 Å². The Bertz CT molecular complexity index is 708. The fraction of sp³-hybridized carbons (Fsp3) is 0.278. The maximum atomic E-state index is 9.23. The van der Waals surface area contributed by atoms with E-state index in [1.54, 1.807) is 6.07 Å². The van der Waals surface area contributed by atoms with E-state index >= 15 is 0 Å². The molecule has 2 nitrogen and oxygen atoms in total. The van der Waals surface area contributed by atoms with Crippen LogP contribution in [0.4, 0.5) is 0 Å². The first kappa shape index (κ1) is 15.6. The lowest BCUT2D eigenvalue weighted by Crippen LogP contribution is -2.12. The number of rotatable bonds is 2. The highest BCUT2D eigenvalue weighted by atomic mass is 79.9. The van der Waals surface area contributed by atoms with Gasteiger partial charge in [-0.25, -0.2) is 0 Å². The number of nitrogens with zero attached hydrogens (tertiary/aromatic N) is 1. The van der Waals surface area contributed by atoms with Gasteiger partial charge in [0, 0.05) is 10.0 Å². The second-order valence-corrected chi connectivity index (χ2v) is 7.02. The first-order chi connectivity index (χ1) is 9.81. The largest absolute Gasteiger partial charge is 0.456 e. The molecule has 0 unspecified atom stereocenters. The minimum absolute atomic E-state index is 0.0259. The quantitative estimate of drug-likeness (QED) is 0.698. The van der Waals surface area contributed by atoms with Crippen molar-refractivity contribution in [2.75, 3.05) is 0 Å². The third-order valence-corrected chi connectivity index (χ3v) is 3.72. The molecule has 0 aromatic heterocycles. The molecule has 0 heterocycles. The summed E-state index contributed by atoms with van der Waals surface area (Å²) in [6, 6.07) is 13.8. The lowest BCUT2D eigenvalue weighted by molar-refractivity contribution is 0.453. The molecule has 2 rings (SSSR count). The Hall–Kier alpha value is -1.79. The minimum Gasteiger partial charge on any atom is -0.456 e. The molecule has 0 aliphatic carbocycles. The molecule has 0 aliphatic heterocycles. The molecule has 2 aromatic carbocycles. The summed E-state index contributed by atoms with van der Waals surface area (Å²) in [5, 5.41) is 9.23. The molecule has 108 valence electrons. The summed E-state index contributed by atoms with van der Waals surface area (Å²) in [5.41, 5.74) is 2.75. The highest BCUT2D eigenvalue weighted by Gasteiger charge is 2.20. The van der Waals surface area contributed by atoms with Gasteiger partial charge >= 0.3 is 0 Å². The van der Waals surface area contributed by atoms with Gasteiger partial charge in [0.15, 0.2) is 0 Å². The predicted molar refractivity (Wildman–Crippen MR) is 88.8 cm³/mol. The second kappa shape index (κ2) is 5.91. The summed E-state index contributed by atoms with van der Waals surface area (Å²) in [6.45, 7) is 8.48. The fourth-order valence-corrected chi connectivity index (χ4v) is 2.47. The molecule has 21 heavy (non-hydrogen) atoms. The van der Waals surface area contributed by atoms with Gasteiger partial charge in [0.05, 0.1) is 5.56 Å². The van der Waals surface area contributed by atoms with Crippen LogP contribution in [-0.2, 0) is 5.41 Å². The molecule has 0 amide bonds. The van der Waals surface area contributed by atoms with Crippen LogP contribution in [0.2, 0.25) is 0 Å². The van der Waals surface area contributed by atoms with Crippen LogP contribution in [-0.4, -0.2) is 0 Å². The Morgan fingerprint density at radius 2 is 1.76 bits per heavy atom. The van der Waals surface area contributed by atoms with Crippen LogP contribution in [0, 0.1) is 18.3 Å². The molecule has 0 spiro atoms. The lowest BCUT2D eigenvalue weighted by Gasteiger charge is -2.23. The summed E-state index contributed by atoms with van der Waals surface area (Å²) in [6.07, 6.45) is 0. The molecule has 0 bridgehead atoms. The third kappa shape index (κ3) is 3.65. The number of benzene rings is 2. The average Bonchev–Trinajstić information content (AvgIpc) is 2.37. The number of nitriles is 1. The van der Waals surface area contributed by atoms with E-state index < -0.39 is 0 Å². The molecule has 0 radical (unpaired) electrons. The van der Waals surface area contributed by atoms with Crippen molar-refractivity contribution in [1.82, 2.24) is 0 Å². The normalized spacial score (nSPS) is 11.0. The standard InChI is InChI=1S/C18H18BrNO/c1-12-5-8-15(18(2,3)4)17(9-12)21-16-10-14(19)7-6-13(16)11-20/h5-10H,1-4H3. The van der Waals surface area contributed by atoms with Gasteiger partial charge in [-0.15, -0.1) is 0 Å². The molecule has 0 aliphatic rings. The van der Waals surface area contributed by atoms with Crippen LogP contribution in [0.5, 0.6) is 11.5 Å². The van der Waals surface area contributed by atoms with Gasteiger partial charge < -0.3 is 4.74 Å². The Labute approximate surface area is 134 Å². The highest BCUT2D eigenvalue weighted by Crippen LogP contribution is 2.36. The van der Waals surface area contributed by atoms with Crippen LogP contribution >= 0.6 is 15.9 Å². The predicted octanol–water partition coefficient (Wildman–Crippen LogP) is 5.72. The van der Waals surface area contributed by atoms with E-state index in [0.717, 1.165) is 21.3 Å². The van der Waals surface area contributed by atoms with Crippen molar-refractivity contribution < 1.29 is 4.74 Å². The first-order valence-electron chi connectivity index (χ1n) is 6.80. The molecule has 0 fully saturated rings.